The Balaban J connectivity index is 1.40. The highest BCUT2D eigenvalue weighted by atomic mass is 16.5. The zero-order chi connectivity index (χ0) is 22.8. The number of aromatic nitrogens is 3. The van der Waals surface area contributed by atoms with Gasteiger partial charge in [-0.1, -0.05) is 18.2 Å². The molecule has 0 atom stereocenters. The summed E-state index contributed by atoms with van der Waals surface area (Å²) in [6.07, 6.45) is 0. The van der Waals surface area contributed by atoms with Crippen LogP contribution in [0.5, 0.6) is 5.75 Å². The van der Waals surface area contributed by atoms with Gasteiger partial charge in [0.25, 0.3) is 0 Å². The molecular formula is C25H27N7O. The van der Waals surface area contributed by atoms with Gasteiger partial charge < -0.3 is 15.8 Å². The van der Waals surface area contributed by atoms with Gasteiger partial charge in [0.1, 0.15) is 5.75 Å². The number of H-pyrrole nitrogens is 1. The van der Waals surface area contributed by atoms with Gasteiger partial charge in [0.05, 0.1) is 19.4 Å². The lowest BCUT2D eigenvalue weighted by molar-refractivity contribution is 0.228. The fourth-order valence-electron chi connectivity index (χ4n) is 4.15. The van der Waals surface area contributed by atoms with Crippen LogP contribution < -0.4 is 15.8 Å². The van der Waals surface area contributed by atoms with Crippen LogP contribution in [0.4, 0.5) is 5.69 Å². The van der Waals surface area contributed by atoms with Crippen molar-refractivity contribution in [1.29, 1.82) is 5.41 Å². The van der Waals surface area contributed by atoms with E-state index in [9.17, 15) is 0 Å². The average Bonchev–Trinajstić information content (AvgIpc) is 3.32. The molecule has 1 aromatic heterocycles. The minimum absolute atomic E-state index is 0.368. The fraction of sp³-hybridized carbons (Fsp3) is 0.240. The van der Waals surface area contributed by atoms with Crippen molar-refractivity contribution < 1.29 is 4.74 Å². The molecule has 168 valence electrons. The molecule has 0 bridgehead atoms. The molecule has 33 heavy (non-hydrogen) atoms. The Bertz CT molecular complexity index is 1310. The number of aromatic amines is 1. The first-order valence-corrected chi connectivity index (χ1v) is 11.0. The molecule has 8 heteroatoms. The number of rotatable bonds is 6. The number of nitrogen functional groups attached to an aromatic ring is 1. The summed E-state index contributed by atoms with van der Waals surface area (Å²) in [7, 11) is 1.66. The molecule has 5 rings (SSSR count). The van der Waals surface area contributed by atoms with Crippen LogP contribution in [0.15, 0.2) is 54.6 Å². The fourth-order valence-corrected chi connectivity index (χ4v) is 4.15. The van der Waals surface area contributed by atoms with Crippen molar-refractivity contribution in [3.63, 3.8) is 0 Å². The summed E-state index contributed by atoms with van der Waals surface area (Å²) in [5, 5.41) is 21.7. The second-order valence-electron chi connectivity index (χ2n) is 8.23. The van der Waals surface area contributed by atoms with E-state index in [-0.39, 0.29) is 0 Å². The van der Waals surface area contributed by atoms with Crippen LogP contribution >= 0.6 is 0 Å². The molecule has 0 amide bonds. The van der Waals surface area contributed by atoms with E-state index < -0.39 is 0 Å². The molecular weight excluding hydrogens is 414 g/mol. The molecule has 0 unspecified atom stereocenters. The number of nitrogens with one attached hydrogen (secondary N) is 3. The van der Waals surface area contributed by atoms with Crippen molar-refractivity contribution in [2.24, 2.45) is 0 Å². The second-order valence-corrected chi connectivity index (χ2v) is 8.23. The molecule has 1 aliphatic heterocycles. The standard InChI is InChI=1S/C25H27N7O/c1-33-20-6-4-16-12-18(3-2-17(16)13-20)24(27)21-14-19(5-7-22(21)26)25-29-23(30-31-25)15-32-10-8-28-9-11-32/h2-7,12-14,27-28H,8-11,15,26H2,1H3,(H,29,30,31). The summed E-state index contributed by atoms with van der Waals surface area (Å²) in [6, 6.07) is 17.5. The molecule has 4 aromatic rings. The molecule has 3 aromatic carbocycles. The minimum Gasteiger partial charge on any atom is -0.497 e. The average molecular weight is 442 g/mol. The first-order valence-electron chi connectivity index (χ1n) is 11.0. The number of anilines is 1. The van der Waals surface area contributed by atoms with E-state index >= 15 is 0 Å². The lowest BCUT2D eigenvalue weighted by atomic mass is 9.96. The van der Waals surface area contributed by atoms with Crippen LogP contribution in [0, 0.1) is 5.41 Å². The van der Waals surface area contributed by atoms with Crippen molar-refractivity contribution in [2.45, 2.75) is 6.54 Å². The van der Waals surface area contributed by atoms with Gasteiger partial charge in [-0.15, -0.1) is 0 Å². The number of nitrogens with zero attached hydrogens (tertiary/aromatic N) is 3. The number of nitrogens with two attached hydrogens (primary N) is 1. The third-order valence-electron chi connectivity index (χ3n) is 6.04. The Hall–Kier alpha value is -3.75. The van der Waals surface area contributed by atoms with Crippen LogP contribution in [-0.4, -0.2) is 59.1 Å². The van der Waals surface area contributed by atoms with Crippen molar-refractivity contribution in [1.82, 2.24) is 25.4 Å². The van der Waals surface area contributed by atoms with Crippen LogP contribution in [0.2, 0.25) is 0 Å². The molecule has 0 spiro atoms. The molecule has 1 saturated heterocycles. The molecule has 5 N–H and O–H groups in total. The van der Waals surface area contributed by atoms with Crippen LogP contribution in [0.25, 0.3) is 22.2 Å². The van der Waals surface area contributed by atoms with Gasteiger partial charge in [-0.25, -0.2) is 4.98 Å². The Morgan fingerprint density at radius 1 is 1.06 bits per heavy atom. The van der Waals surface area contributed by atoms with Crippen molar-refractivity contribution >= 4 is 22.2 Å². The number of methoxy groups -OCH3 is 1. The topological polar surface area (TPSA) is 116 Å². The van der Waals surface area contributed by atoms with Gasteiger partial charge in [0.2, 0.25) is 0 Å². The smallest absolute Gasteiger partial charge is 0.165 e. The van der Waals surface area contributed by atoms with Crippen molar-refractivity contribution in [2.75, 3.05) is 39.0 Å². The molecule has 1 aliphatic rings. The van der Waals surface area contributed by atoms with E-state index in [1.54, 1.807) is 7.11 Å². The van der Waals surface area contributed by atoms with Crippen molar-refractivity contribution in [3.05, 3.63) is 71.5 Å². The maximum absolute atomic E-state index is 8.84. The van der Waals surface area contributed by atoms with Gasteiger partial charge in [-0.3, -0.25) is 15.4 Å². The number of benzene rings is 3. The van der Waals surface area contributed by atoms with Gasteiger partial charge in [0, 0.05) is 48.6 Å². The summed E-state index contributed by atoms with van der Waals surface area (Å²) in [5.41, 5.74) is 9.51. The highest BCUT2D eigenvalue weighted by Crippen LogP contribution is 2.26. The number of hydrogen-bond donors (Lipinski definition) is 4. The second kappa shape index (κ2) is 9.01. The maximum atomic E-state index is 8.84. The van der Waals surface area contributed by atoms with E-state index in [0.717, 1.165) is 66.2 Å². The summed E-state index contributed by atoms with van der Waals surface area (Å²) >= 11 is 0. The minimum atomic E-state index is 0.368. The van der Waals surface area contributed by atoms with E-state index in [2.05, 4.69) is 25.4 Å². The Labute approximate surface area is 192 Å². The number of ether oxygens (including phenoxy) is 1. The summed E-state index contributed by atoms with van der Waals surface area (Å²) in [4.78, 5) is 7.02. The summed E-state index contributed by atoms with van der Waals surface area (Å²) in [6.45, 7) is 4.68. The molecule has 0 radical (unpaired) electrons. The number of fused-ring (bicyclic) bond motifs is 1. The lowest BCUT2D eigenvalue weighted by Gasteiger charge is -2.25. The molecule has 8 nitrogen and oxygen atoms in total. The quantitative estimate of drug-likeness (QED) is 0.270. The monoisotopic (exact) mass is 441 g/mol. The zero-order valence-corrected chi connectivity index (χ0v) is 18.6. The van der Waals surface area contributed by atoms with Crippen LogP contribution in [0.3, 0.4) is 0 Å². The normalized spacial score (nSPS) is 14.5. The molecule has 0 aliphatic carbocycles. The Morgan fingerprint density at radius 2 is 1.85 bits per heavy atom. The first kappa shape index (κ1) is 21.1. The predicted molar refractivity (Wildman–Crippen MR) is 131 cm³/mol. The van der Waals surface area contributed by atoms with E-state index in [0.29, 0.717) is 22.8 Å². The third-order valence-corrected chi connectivity index (χ3v) is 6.04. The first-order chi connectivity index (χ1) is 16.1. The Kier molecular flexibility index (Phi) is 5.77. The summed E-state index contributed by atoms with van der Waals surface area (Å²) < 4.78 is 5.31. The highest BCUT2D eigenvalue weighted by molar-refractivity contribution is 6.15. The van der Waals surface area contributed by atoms with Gasteiger partial charge in [0.15, 0.2) is 11.6 Å². The van der Waals surface area contributed by atoms with Gasteiger partial charge in [-0.2, -0.15) is 5.10 Å². The zero-order valence-electron chi connectivity index (χ0n) is 18.6. The SMILES string of the molecule is COc1ccc2cc(C(=N)c3cc(-c4nc(CN5CCNCC5)n[nH]4)ccc3N)ccc2c1. The van der Waals surface area contributed by atoms with Crippen LogP contribution in [-0.2, 0) is 6.54 Å². The van der Waals surface area contributed by atoms with Crippen LogP contribution in [0.1, 0.15) is 17.0 Å². The largest absolute Gasteiger partial charge is 0.497 e. The molecule has 2 heterocycles. The Morgan fingerprint density at radius 3 is 2.67 bits per heavy atom. The van der Waals surface area contributed by atoms with E-state index in [1.165, 1.54) is 0 Å². The highest BCUT2D eigenvalue weighted by Gasteiger charge is 2.16. The van der Waals surface area contributed by atoms with Gasteiger partial charge >= 0.3 is 0 Å². The molecule has 1 fully saturated rings. The third kappa shape index (κ3) is 4.44. The predicted octanol–water partition coefficient (Wildman–Crippen LogP) is 3.04. The number of piperazine rings is 1. The maximum Gasteiger partial charge on any atom is 0.165 e. The lowest BCUT2D eigenvalue weighted by Crippen LogP contribution is -2.43. The van der Waals surface area contributed by atoms with Gasteiger partial charge in [-0.05, 0) is 47.2 Å². The van der Waals surface area contributed by atoms with E-state index in [1.807, 2.05) is 54.6 Å². The summed E-state index contributed by atoms with van der Waals surface area (Å²) in [5.74, 6) is 2.26. The van der Waals surface area contributed by atoms with Crippen molar-refractivity contribution in [3.8, 4) is 17.1 Å². The number of hydrogen-bond acceptors (Lipinski definition) is 7. The van der Waals surface area contributed by atoms with E-state index in [4.69, 9.17) is 15.9 Å². The molecule has 0 saturated carbocycles.